The minimum absolute atomic E-state index is 0.224. The smallest absolute Gasteiger partial charge is 0.243 e. The molecule has 24 heavy (non-hydrogen) atoms. The molecule has 0 spiro atoms. The molecule has 1 fully saturated rings. The lowest BCUT2D eigenvalue weighted by molar-refractivity contribution is 0.0982. The van der Waals surface area contributed by atoms with E-state index in [-0.39, 0.29) is 4.90 Å². The van der Waals surface area contributed by atoms with Crippen molar-refractivity contribution in [1.29, 1.82) is 0 Å². The molecular formula is C17H25NO5S. The maximum absolute atomic E-state index is 12.8. The number of hydrogen-bond acceptors (Lipinski definition) is 5. The van der Waals surface area contributed by atoms with Crippen LogP contribution in [-0.4, -0.2) is 53.2 Å². The Balaban J connectivity index is 2.05. The molecule has 1 aromatic carbocycles. The molecule has 0 aromatic heterocycles. The average Bonchev–Trinajstić information content (AvgIpc) is 2.61. The van der Waals surface area contributed by atoms with Crippen LogP contribution in [0.1, 0.15) is 12.8 Å². The molecule has 0 aliphatic carbocycles. The number of piperidine rings is 1. The molecule has 0 radical (unpaired) electrons. The Hall–Kier alpha value is -1.57. The number of methoxy groups -OCH3 is 2. The van der Waals surface area contributed by atoms with Crippen molar-refractivity contribution in [3.05, 3.63) is 30.9 Å². The first-order valence-corrected chi connectivity index (χ1v) is 9.37. The van der Waals surface area contributed by atoms with Gasteiger partial charge in [0.25, 0.3) is 0 Å². The van der Waals surface area contributed by atoms with Crippen molar-refractivity contribution < 1.29 is 22.6 Å². The van der Waals surface area contributed by atoms with Gasteiger partial charge in [0.15, 0.2) is 11.5 Å². The molecule has 0 atom stereocenters. The van der Waals surface area contributed by atoms with Crippen LogP contribution in [0.2, 0.25) is 0 Å². The number of nitrogens with zero attached hydrogens (tertiary/aromatic N) is 1. The SMILES string of the molecule is C=CCOCC1CCN(S(=O)(=O)c2ccc(OC)c(OC)c2)CC1. The summed E-state index contributed by atoms with van der Waals surface area (Å²) in [7, 11) is -0.519. The van der Waals surface area contributed by atoms with Gasteiger partial charge < -0.3 is 14.2 Å². The van der Waals surface area contributed by atoms with E-state index in [0.717, 1.165) is 12.8 Å². The first kappa shape index (κ1) is 18.8. The van der Waals surface area contributed by atoms with Gasteiger partial charge >= 0.3 is 0 Å². The van der Waals surface area contributed by atoms with E-state index in [4.69, 9.17) is 14.2 Å². The molecule has 1 saturated heterocycles. The Bertz CT molecular complexity index is 651. The van der Waals surface area contributed by atoms with Gasteiger partial charge in [0.1, 0.15) is 0 Å². The summed E-state index contributed by atoms with van der Waals surface area (Å²) in [6.45, 7) is 5.79. The molecule has 1 heterocycles. The molecule has 6 nitrogen and oxygen atoms in total. The summed E-state index contributed by atoms with van der Waals surface area (Å²) < 4.78 is 43.0. The van der Waals surface area contributed by atoms with Crippen molar-refractivity contribution in [1.82, 2.24) is 4.31 Å². The molecule has 0 amide bonds. The fraction of sp³-hybridized carbons (Fsp3) is 0.529. The van der Waals surface area contributed by atoms with Gasteiger partial charge in [-0.15, -0.1) is 6.58 Å². The molecule has 1 aromatic rings. The molecule has 0 unspecified atom stereocenters. The number of ether oxygens (including phenoxy) is 3. The third-order valence-corrected chi connectivity index (χ3v) is 6.05. The summed E-state index contributed by atoms with van der Waals surface area (Å²) >= 11 is 0. The van der Waals surface area contributed by atoms with Crippen molar-refractivity contribution in [2.24, 2.45) is 5.92 Å². The van der Waals surface area contributed by atoms with Crippen LogP contribution in [-0.2, 0) is 14.8 Å². The summed E-state index contributed by atoms with van der Waals surface area (Å²) in [6.07, 6.45) is 3.31. The van der Waals surface area contributed by atoms with Gasteiger partial charge in [-0.1, -0.05) is 6.08 Å². The summed E-state index contributed by atoms with van der Waals surface area (Å²) in [4.78, 5) is 0.224. The maximum Gasteiger partial charge on any atom is 0.243 e. The second-order valence-corrected chi connectivity index (χ2v) is 7.63. The van der Waals surface area contributed by atoms with E-state index in [2.05, 4.69) is 6.58 Å². The normalized spacial score (nSPS) is 16.8. The molecule has 134 valence electrons. The minimum Gasteiger partial charge on any atom is -0.493 e. The zero-order valence-electron chi connectivity index (χ0n) is 14.2. The van der Waals surface area contributed by atoms with Crippen molar-refractivity contribution in [2.75, 3.05) is 40.5 Å². The zero-order chi connectivity index (χ0) is 17.6. The first-order valence-electron chi connectivity index (χ1n) is 7.93. The molecule has 0 N–H and O–H groups in total. The highest BCUT2D eigenvalue weighted by molar-refractivity contribution is 7.89. The van der Waals surface area contributed by atoms with E-state index in [1.54, 1.807) is 18.2 Å². The topological polar surface area (TPSA) is 65.1 Å². The Morgan fingerprint density at radius 1 is 1.21 bits per heavy atom. The van der Waals surface area contributed by atoms with Gasteiger partial charge in [0.2, 0.25) is 10.0 Å². The highest BCUT2D eigenvalue weighted by Gasteiger charge is 2.30. The second kappa shape index (κ2) is 8.50. The zero-order valence-corrected chi connectivity index (χ0v) is 15.0. The van der Waals surface area contributed by atoms with Gasteiger partial charge in [-0.3, -0.25) is 0 Å². The van der Waals surface area contributed by atoms with Crippen LogP contribution in [0, 0.1) is 5.92 Å². The predicted molar refractivity (Wildman–Crippen MR) is 92.0 cm³/mol. The minimum atomic E-state index is -3.53. The monoisotopic (exact) mass is 355 g/mol. The largest absolute Gasteiger partial charge is 0.493 e. The van der Waals surface area contributed by atoms with E-state index in [1.165, 1.54) is 24.6 Å². The molecular weight excluding hydrogens is 330 g/mol. The van der Waals surface area contributed by atoms with Crippen LogP contribution < -0.4 is 9.47 Å². The molecule has 2 rings (SSSR count). The van der Waals surface area contributed by atoms with Crippen LogP contribution in [0.3, 0.4) is 0 Å². The fourth-order valence-electron chi connectivity index (χ4n) is 2.76. The van der Waals surface area contributed by atoms with E-state index >= 15 is 0 Å². The Morgan fingerprint density at radius 2 is 1.88 bits per heavy atom. The van der Waals surface area contributed by atoms with E-state index < -0.39 is 10.0 Å². The third-order valence-electron chi connectivity index (χ3n) is 4.16. The van der Waals surface area contributed by atoms with Gasteiger partial charge in [0.05, 0.1) is 25.7 Å². The summed E-state index contributed by atoms with van der Waals surface area (Å²) in [5.41, 5.74) is 0. The molecule has 7 heteroatoms. The van der Waals surface area contributed by atoms with E-state index in [0.29, 0.717) is 43.7 Å². The van der Waals surface area contributed by atoms with Crippen molar-refractivity contribution in [3.8, 4) is 11.5 Å². The maximum atomic E-state index is 12.8. The van der Waals surface area contributed by atoms with Crippen LogP contribution in [0.15, 0.2) is 35.7 Å². The highest BCUT2D eigenvalue weighted by atomic mass is 32.2. The van der Waals surface area contributed by atoms with Gasteiger partial charge in [-0.05, 0) is 30.9 Å². The number of hydrogen-bond donors (Lipinski definition) is 0. The number of rotatable bonds is 8. The summed E-state index contributed by atoms with van der Waals surface area (Å²) in [6, 6.07) is 4.67. The quantitative estimate of drug-likeness (QED) is 0.529. The Kier molecular flexibility index (Phi) is 6.65. The lowest BCUT2D eigenvalue weighted by atomic mass is 9.99. The lowest BCUT2D eigenvalue weighted by Crippen LogP contribution is -2.39. The number of sulfonamides is 1. The van der Waals surface area contributed by atoms with Crippen molar-refractivity contribution in [3.63, 3.8) is 0 Å². The standard InChI is InChI=1S/C17H25NO5S/c1-4-11-23-13-14-7-9-18(10-8-14)24(19,20)15-5-6-16(21-2)17(12-15)22-3/h4-6,12,14H,1,7-11,13H2,2-3H3. The van der Waals surface area contributed by atoms with Gasteiger partial charge in [-0.2, -0.15) is 4.31 Å². The van der Waals surface area contributed by atoms with Crippen LogP contribution in [0.25, 0.3) is 0 Å². The van der Waals surface area contributed by atoms with Crippen molar-refractivity contribution >= 4 is 10.0 Å². The Morgan fingerprint density at radius 3 is 2.46 bits per heavy atom. The summed E-state index contributed by atoms with van der Waals surface area (Å²) in [5, 5.41) is 0. The fourth-order valence-corrected chi connectivity index (χ4v) is 4.25. The van der Waals surface area contributed by atoms with Crippen LogP contribution in [0.4, 0.5) is 0 Å². The third kappa shape index (κ3) is 4.28. The van der Waals surface area contributed by atoms with Gasteiger partial charge in [0, 0.05) is 25.8 Å². The lowest BCUT2D eigenvalue weighted by Gasteiger charge is -2.31. The predicted octanol–water partition coefficient (Wildman–Crippen LogP) is 2.31. The molecule has 1 aliphatic heterocycles. The van der Waals surface area contributed by atoms with Gasteiger partial charge in [-0.25, -0.2) is 8.42 Å². The van der Waals surface area contributed by atoms with E-state index in [1.807, 2.05) is 0 Å². The molecule has 0 saturated carbocycles. The number of benzene rings is 1. The molecule has 1 aliphatic rings. The average molecular weight is 355 g/mol. The van der Waals surface area contributed by atoms with E-state index in [9.17, 15) is 8.42 Å². The van der Waals surface area contributed by atoms with Crippen LogP contribution >= 0.6 is 0 Å². The summed E-state index contributed by atoms with van der Waals surface area (Å²) in [5.74, 6) is 1.31. The molecule has 0 bridgehead atoms. The second-order valence-electron chi connectivity index (χ2n) is 5.69. The first-order chi connectivity index (χ1) is 11.5. The van der Waals surface area contributed by atoms with Crippen LogP contribution in [0.5, 0.6) is 11.5 Å². The highest BCUT2D eigenvalue weighted by Crippen LogP contribution is 2.31. The Labute approximate surface area is 144 Å². The van der Waals surface area contributed by atoms with Crippen molar-refractivity contribution in [2.45, 2.75) is 17.7 Å².